The van der Waals surface area contributed by atoms with Crippen molar-refractivity contribution in [2.45, 2.75) is 13.8 Å². The van der Waals surface area contributed by atoms with Gasteiger partial charge in [0.15, 0.2) is 0 Å². The fourth-order valence-corrected chi connectivity index (χ4v) is 1.71. The molecule has 1 aromatic heterocycles. The van der Waals surface area contributed by atoms with Crippen LogP contribution in [0.2, 0.25) is 0 Å². The SMILES string of the molecule is CCOC(=O)c1cc(I)cc(C(=O)OCC)n1. The highest BCUT2D eigenvalue weighted by Crippen LogP contribution is 2.11. The molecule has 0 fully saturated rings. The van der Waals surface area contributed by atoms with E-state index in [0.29, 0.717) is 0 Å². The summed E-state index contributed by atoms with van der Waals surface area (Å²) in [7, 11) is 0. The Kier molecular flexibility index (Phi) is 5.33. The summed E-state index contributed by atoms with van der Waals surface area (Å²) in [5.74, 6) is -1.09. The van der Waals surface area contributed by atoms with Crippen molar-refractivity contribution in [1.29, 1.82) is 0 Å². The van der Waals surface area contributed by atoms with Gasteiger partial charge in [-0.15, -0.1) is 0 Å². The summed E-state index contributed by atoms with van der Waals surface area (Å²) in [5.41, 5.74) is 0.226. The van der Waals surface area contributed by atoms with Crippen molar-refractivity contribution >= 4 is 34.5 Å². The maximum Gasteiger partial charge on any atom is 0.356 e. The van der Waals surface area contributed by atoms with Crippen LogP contribution in [-0.2, 0) is 9.47 Å². The Hall–Kier alpha value is -1.18. The van der Waals surface area contributed by atoms with E-state index in [2.05, 4.69) is 4.98 Å². The van der Waals surface area contributed by atoms with Crippen LogP contribution < -0.4 is 0 Å². The van der Waals surface area contributed by atoms with E-state index >= 15 is 0 Å². The van der Waals surface area contributed by atoms with E-state index in [1.54, 1.807) is 26.0 Å². The number of halogens is 1. The molecular formula is C11H12INO4. The molecule has 1 heterocycles. The van der Waals surface area contributed by atoms with Crippen molar-refractivity contribution in [3.8, 4) is 0 Å². The minimum Gasteiger partial charge on any atom is -0.461 e. The van der Waals surface area contributed by atoms with Crippen LogP contribution >= 0.6 is 22.6 Å². The molecule has 6 heteroatoms. The first kappa shape index (κ1) is 13.9. The maximum absolute atomic E-state index is 11.5. The first-order valence-corrected chi connectivity index (χ1v) is 6.18. The molecule has 0 bridgehead atoms. The van der Waals surface area contributed by atoms with Crippen LogP contribution in [0, 0.1) is 3.57 Å². The van der Waals surface area contributed by atoms with Crippen LogP contribution in [0.3, 0.4) is 0 Å². The number of carbonyl (C=O) groups is 2. The molecule has 0 atom stereocenters. The second-order valence-electron chi connectivity index (χ2n) is 3.00. The number of ether oxygens (including phenoxy) is 2. The van der Waals surface area contributed by atoms with E-state index in [9.17, 15) is 9.59 Å². The summed E-state index contributed by atoms with van der Waals surface area (Å²) in [6, 6.07) is 3.11. The summed E-state index contributed by atoms with van der Waals surface area (Å²) in [5, 5.41) is 0. The van der Waals surface area contributed by atoms with Crippen molar-refractivity contribution in [3.63, 3.8) is 0 Å². The average molecular weight is 349 g/mol. The molecule has 5 nitrogen and oxygen atoms in total. The van der Waals surface area contributed by atoms with Gasteiger partial charge in [0, 0.05) is 3.57 Å². The number of aromatic nitrogens is 1. The second kappa shape index (κ2) is 6.53. The second-order valence-corrected chi connectivity index (χ2v) is 4.24. The molecule has 0 aliphatic rings. The van der Waals surface area contributed by atoms with Gasteiger partial charge in [-0.25, -0.2) is 14.6 Å². The molecule has 0 radical (unpaired) electrons. The van der Waals surface area contributed by atoms with Crippen molar-refractivity contribution < 1.29 is 19.1 Å². The molecule has 0 unspecified atom stereocenters. The predicted octanol–water partition coefficient (Wildman–Crippen LogP) is 2.04. The van der Waals surface area contributed by atoms with E-state index in [-0.39, 0.29) is 24.6 Å². The summed E-state index contributed by atoms with van der Waals surface area (Å²) in [6.45, 7) is 3.94. The summed E-state index contributed by atoms with van der Waals surface area (Å²) < 4.78 is 10.4. The van der Waals surface area contributed by atoms with Crippen LogP contribution in [0.5, 0.6) is 0 Å². The minimum absolute atomic E-state index is 0.113. The molecular weight excluding hydrogens is 337 g/mol. The minimum atomic E-state index is -0.545. The number of carbonyl (C=O) groups excluding carboxylic acids is 2. The van der Waals surface area contributed by atoms with E-state index in [1.165, 1.54) is 0 Å². The van der Waals surface area contributed by atoms with Gasteiger partial charge in [-0.05, 0) is 48.6 Å². The molecule has 0 aromatic carbocycles. The monoisotopic (exact) mass is 349 g/mol. The van der Waals surface area contributed by atoms with E-state index in [1.807, 2.05) is 22.6 Å². The summed E-state index contributed by atoms with van der Waals surface area (Å²) >= 11 is 2.00. The fraction of sp³-hybridized carbons (Fsp3) is 0.364. The van der Waals surface area contributed by atoms with Gasteiger partial charge in [-0.3, -0.25) is 0 Å². The van der Waals surface area contributed by atoms with Gasteiger partial charge in [0.1, 0.15) is 11.4 Å². The molecule has 0 saturated carbocycles. The Morgan fingerprint density at radius 1 is 1.12 bits per heavy atom. The third kappa shape index (κ3) is 3.95. The van der Waals surface area contributed by atoms with E-state index in [4.69, 9.17) is 9.47 Å². The molecule has 0 aliphatic heterocycles. The molecule has 0 saturated heterocycles. The predicted molar refractivity (Wildman–Crippen MR) is 68.9 cm³/mol. The van der Waals surface area contributed by atoms with Gasteiger partial charge in [-0.1, -0.05) is 0 Å². The number of rotatable bonds is 4. The quantitative estimate of drug-likeness (QED) is 0.615. The number of esters is 2. The Morgan fingerprint density at radius 2 is 1.53 bits per heavy atom. The average Bonchev–Trinajstić information content (AvgIpc) is 2.29. The van der Waals surface area contributed by atoms with Crippen LogP contribution in [0.4, 0.5) is 0 Å². The van der Waals surface area contributed by atoms with Gasteiger partial charge >= 0.3 is 11.9 Å². The lowest BCUT2D eigenvalue weighted by Gasteiger charge is -2.05. The molecule has 0 spiro atoms. The molecule has 0 amide bonds. The number of hydrogen-bond donors (Lipinski definition) is 0. The normalized spacial score (nSPS) is 9.82. The number of hydrogen-bond acceptors (Lipinski definition) is 5. The van der Waals surface area contributed by atoms with E-state index < -0.39 is 11.9 Å². The van der Waals surface area contributed by atoms with Gasteiger partial charge in [0.2, 0.25) is 0 Å². The highest BCUT2D eigenvalue weighted by molar-refractivity contribution is 14.1. The highest BCUT2D eigenvalue weighted by atomic mass is 127. The Labute approximate surface area is 113 Å². The molecule has 92 valence electrons. The van der Waals surface area contributed by atoms with Crippen molar-refractivity contribution in [1.82, 2.24) is 4.98 Å². The lowest BCUT2D eigenvalue weighted by Crippen LogP contribution is -2.13. The zero-order valence-electron chi connectivity index (χ0n) is 9.53. The van der Waals surface area contributed by atoms with Crippen LogP contribution in [0.1, 0.15) is 34.8 Å². The summed E-state index contributed by atoms with van der Waals surface area (Å²) in [4.78, 5) is 26.9. The smallest absolute Gasteiger partial charge is 0.356 e. The zero-order chi connectivity index (χ0) is 12.8. The molecule has 1 rings (SSSR count). The fourth-order valence-electron chi connectivity index (χ4n) is 1.12. The maximum atomic E-state index is 11.5. The standard InChI is InChI=1S/C11H12INO4/c1-3-16-10(14)8-5-7(12)6-9(13-8)11(15)17-4-2/h5-6H,3-4H2,1-2H3. The van der Waals surface area contributed by atoms with Crippen LogP contribution in [0.25, 0.3) is 0 Å². The number of nitrogens with zero attached hydrogens (tertiary/aromatic N) is 1. The van der Waals surface area contributed by atoms with Gasteiger partial charge in [0.25, 0.3) is 0 Å². The van der Waals surface area contributed by atoms with Crippen molar-refractivity contribution in [2.24, 2.45) is 0 Å². The largest absolute Gasteiger partial charge is 0.461 e. The van der Waals surface area contributed by atoms with Gasteiger partial charge < -0.3 is 9.47 Å². The van der Waals surface area contributed by atoms with Gasteiger partial charge in [-0.2, -0.15) is 0 Å². The van der Waals surface area contributed by atoms with Crippen LogP contribution in [-0.4, -0.2) is 30.1 Å². The molecule has 0 N–H and O–H groups in total. The lowest BCUT2D eigenvalue weighted by molar-refractivity contribution is 0.0511. The van der Waals surface area contributed by atoms with Gasteiger partial charge in [0.05, 0.1) is 13.2 Å². The molecule has 17 heavy (non-hydrogen) atoms. The van der Waals surface area contributed by atoms with Crippen molar-refractivity contribution in [3.05, 3.63) is 27.1 Å². The zero-order valence-corrected chi connectivity index (χ0v) is 11.7. The number of pyridine rings is 1. The summed E-state index contributed by atoms with van der Waals surface area (Å²) in [6.07, 6.45) is 0. The lowest BCUT2D eigenvalue weighted by atomic mass is 10.3. The van der Waals surface area contributed by atoms with E-state index in [0.717, 1.165) is 3.57 Å². The first-order valence-electron chi connectivity index (χ1n) is 5.10. The first-order chi connectivity index (χ1) is 8.08. The Bertz CT molecular complexity index is 397. The van der Waals surface area contributed by atoms with Crippen molar-refractivity contribution in [2.75, 3.05) is 13.2 Å². The van der Waals surface area contributed by atoms with Crippen LogP contribution in [0.15, 0.2) is 12.1 Å². The highest BCUT2D eigenvalue weighted by Gasteiger charge is 2.15. The Morgan fingerprint density at radius 3 is 1.88 bits per heavy atom. The third-order valence-electron chi connectivity index (χ3n) is 1.76. The Balaban J connectivity index is 3.01. The topological polar surface area (TPSA) is 65.5 Å². The molecule has 1 aromatic rings. The molecule has 0 aliphatic carbocycles. The third-order valence-corrected chi connectivity index (χ3v) is 2.38.